The molecule has 0 aliphatic carbocycles. The van der Waals surface area contributed by atoms with Gasteiger partial charge in [0, 0.05) is 0 Å². The predicted molar refractivity (Wildman–Crippen MR) is 63.5 cm³/mol. The molecule has 0 saturated heterocycles. The maximum absolute atomic E-state index is 6.08. The summed E-state index contributed by atoms with van der Waals surface area (Å²) in [5.74, 6) is 0.620. The van der Waals surface area contributed by atoms with E-state index in [0.717, 1.165) is 9.86 Å². The summed E-state index contributed by atoms with van der Waals surface area (Å²) in [6, 6.07) is 1.85. The lowest BCUT2D eigenvalue weighted by molar-refractivity contribution is 1.05. The summed E-state index contributed by atoms with van der Waals surface area (Å²) >= 11 is 9.49. The average molecular weight is 299 g/mol. The van der Waals surface area contributed by atoms with Gasteiger partial charge in [-0.2, -0.15) is 0 Å². The number of halogens is 2. The average Bonchev–Trinajstić information content (AvgIpc) is 2.69. The first-order valence-corrected chi connectivity index (χ1v) is 5.66. The molecule has 0 amide bonds. The van der Waals surface area contributed by atoms with Crippen LogP contribution in [0, 0.1) is 6.92 Å². The van der Waals surface area contributed by atoms with Crippen LogP contribution in [0.5, 0.6) is 0 Å². The zero-order valence-electron chi connectivity index (χ0n) is 8.15. The van der Waals surface area contributed by atoms with Crippen LogP contribution in [0.15, 0.2) is 16.9 Å². The molecule has 7 heteroatoms. The Morgan fingerprint density at radius 1 is 1.31 bits per heavy atom. The van der Waals surface area contributed by atoms with Gasteiger partial charge in [0.05, 0.1) is 9.86 Å². The molecule has 0 bridgehead atoms. The molecule has 0 aliphatic heterocycles. The highest BCUT2D eigenvalue weighted by molar-refractivity contribution is 9.10. The van der Waals surface area contributed by atoms with Gasteiger partial charge in [-0.05, 0) is 28.9 Å². The number of fused-ring (bicyclic) bond motifs is 3. The van der Waals surface area contributed by atoms with Crippen molar-refractivity contribution in [2.24, 2.45) is 0 Å². The first kappa shape index (κ1) is 9.92. The molecule has 0 fully saturated rings. The highest BCUT2D eigenvalue weighted by Crippen LogP contribution is 2.26. The molecule has 80 valence electrons. The fourth-order valence-corrected chi connectivity index (χ4v) is 2.35. The zero-order valence-corrected chi connectivity index (χ0v) is 10.5. The van der Waals surface area contributed by atoms with Crippen LogP contribution >= 0.6 is 27.5 Å². The van der Waals surface area contributed by atoms with Gasteiger partial charge in [0.15, 0.2) is 11.3 Å². The molecule has 0 aromatic carbocycles. The van der Waals surface area contributed by atoms with Crippen LogP contribution in [-0.2, 0) is 0 Å². The van der Waals surface area contributed by atoms with E-state index in [2.05, 4.69) is 36.1 Å². The van der Waals surface area contributed by atoms with E-state index >= 15 is 0 Å². The minimum absolute atomic E-state index is 0.429. The molecule has 3 aromatic rings. The largest absolute Gasteiger partial charge is 0.264 e. The minimum Gasteiger partial charge on any atom is -0.264 e. The molecule has 3 aromatic heterocycles. The second kappa shape index (κ2) is 3.36. The number of rotatable bonds is 0. The van der Waals surface area contributed by atoms with Crippen molar-refractivity contribution in [3.8, 4) is 0 Å². The molecular weight excluding hydrogens is 293 g/mol. The molecule has 0 N–H and O–H groups in total. The van der Waals surface area contributed by atoms with Gasteiger partial charge in [0.25, 0.3) is 0 Å². The molecule has 0 saturated carbocycles. The third-order valence-corrected chi connectivity index (χ3v) is 3.12. The van der Waals surface area contributed by atoms with Crippen molar-refractivity contribution in [2.45, 2.75) is 6.92 Å². The van der Waals surface area contributed by atoms with E-state index < -0.39 is 0 Å². The molecule has 0 spiro atoms. The number of pyridine rings is 1. The van der Waals surface area contributed by atoms with Crippen molar-refractivity contribution in [1.29, 1.82) is 0 Å². The first-order chi connectivity index (χ1) is 7.66. The van der Waals surface area contributed by atoms with E-state index in [-0.39, 0.29) is 0 Å². The monoisotopic (exact) mass is 297 g/mol. The fourth-order valence-electron chi connectivity index (χ4n) is 1.58. The lowest BCUT2D eigenvalue weighted by Crippen LogP contribution is -1.97. The highest BCUT2D eigenvalue weighted by Gasteiger charge is 2.11. The Balaban J connectivity index is 2.64. The third-order valence-electron chi connectivity index (χ3n) is 2.25. The number of nitrogens with zero attached hydrogens (tertiary/aromatic N) is 5. The Bertz CT molecular complexity index is 708. The molecule has 0 radical (unpaired) electrons. The first-order valence-electron chi connectivity index (χ1n) is 4.49. The van der Waals surface area contributed by atoms with Crippen molar-refractivity contribution in [3.63, 3.8) is 0 Å². The van der Waals surface area contributed by atoms with Crippen molar-refractivity contribution < 1.29 is 0 Å². The predicted octanol–water partition coefficient (Wildman–Crippen LogP) is 2.40. The van der Waals surface area contributed by atoms with Crippen molar-refractivity contribution in [3.05, 3.63) is 27.8 Å². The zero-order chi connectivity index (χ0) is 11.3. The molecule has 3 rings (SSSR count). The summed E-state index contributed by atoms with van der Waals surface area (Å²) in [5.41, 5.74) is 1.42. The molecule has 16 heavy (non-hydrogen) atoms. The summed E-state index contributed by atoms with van der Waals surface area (Å²) in [4.78, 5) is 8.46. The van der Waals surface area contributed by atoms with Crippen LogP contribution in [0.4, 0.5) is 0 Å². The molecule has 5 nitrogen and oxygen atoms in total. The third kappa shape index (κ3) is 1.30. The van der Waals surface area contributed by atoms with Gasteiger partial charge in [0.2, 0.25) is 0 Å². The number of hydrogen-bond donors (Lipinski definition) is 0. The normalized spacial score (nSPS) is 11.4. The topological polar surface area (TPSA) is 56.0 Å². The van der Waals surface area contributed by atoms with Gasteiger partial charge < -0.3 is 0 Å². The maximum atomic E-state index is 6.08. The van der Waals surface area contributed by atoms with Gasteiger partial charge in [-0.3, -0.25) is 4.40 Å². The Kier molecular flexibility index (Phi) is 2.08. The van der Waals surface area contributed by atoms with Gasteiger partial charge in [-0.15, -0.1) is 10.2 Å². The molecule has 0 aliphatic rings. The quantitative estimate of drug-likeness (QED) is 0.598. The van der Waals surface area contributed by atoms with Crippen LogP contribution in [0.25, 0.3) is 16.7 Å². The smallest absolute Gasteiger partial charge is 0.176 e. The van der Waals surface area contributed by atoms with Crippen LogP contribution in [0.3, 0.4) is 0 Å². The lowest BCUT2D eigenvalue weighted by Gasteiger charge is -2.04. The van der Waals surface area contributed by atoms with Crippen LogP contribution < -0.4 is 0 Å². The van der Waals surface area contributed by atoms with Gasteiger partial charge in [-0.25, -0.2) is 9.97 Å². The molecule has 3 heterocycles. The summed E-state index contributed by atoms with van der Waals surface area (Å²) in [7, 11) is 0. The standard InChI is InChI=1S/C9H5BrClN5/c1-4-13-7(11)5-2-6(10)9-15-12-3-16(9)8(5)14-4/h2-3H,1H3. The van der Waals surface area contributed by atoms with E-state index in [0.29, 0.717) is 22.3 Å². The van der Waals surface area contributed by atoms with Crippen molar-refractivity contribution >= 4 is 44.2 Å². The molecule has 0 atom stereocenters. The Labute approximate surface area is 104 Å². The maximum Gasteiger partial charge on any atom is 0.176 e. The van der Waals surface area contributed by atoms with Gasteiger partial charge in [-0.1, -0.05) is 11.6 Å². The van der Waals surface area contributed by atoms with E-state index in [1.165, 1.54) is 0 Å². The van der Waals surface area contributed by atoms with E-state index in [4.69, 9.17) is 11.6 Å². The van der Waals surface area contributed by atoms with Gasteiger partial charge >= 0.3 is 0 Å². The SMILES string of the molecule is Cc1nc(Cl)c2cc(Br)c3nncn3c2n1. The molecular formula is C9H5BrClN5. The second-order valence-corrected chi connectivity index (χ2v) is 4.53. The second-order valence-electron chi connectivity index (χ2n) is 3.32. The Hall–Kier alpha value is -1.27. The molecule has 0 unspecified atom stereocenters. The van der Waals surface area contributed by atoms with E-state index in [1.807, 2.05) is 6.07 Å². The number of aromatic nitrogens is 5. The lowest BCUT2D eigenvalue weighted by atomic mass is 10.3. The van der Waals surface area contributed by atoms with Crippen molar-refractivity contribution in [2.75, 3.05) is 0 Å². The summed E-state index contributed by atoms with van der Waals surface area (Å²) in [6.45, 7) is 1.80. The number of aryl methyl sites for hydroxylation is 1. The fraction of sp³-hybridized carbons (Fsp3) is 0.111. The highest BCUT2D eigenvalue weighted by atomic mass is 79.9. The van der Waals surface area contributed by atoms with Crippen molar-refractivity contribution in [1.82, 2.24) is 24.6 Å². The van der Waals surface area contributed by atoms with Crippen LogP contribution in [0.2, 0.25) is 5.15 Å². The minimum atomic E-state index is 0.429. The van der Waals surface area contributed by atoms with E-state index in [9.17, 15) is 0 Å². The number of hydrogen-bond acceptors (Lipinski definition) is 4. The Morgan fingerprint density at radius 3 is 2.94 bits per heavy atom. The summed E-state index contributed by atoms with van der Waals surface area (Å²) in [5, 5.41) is 9.04. The van der Waals surface area contributed by atoms with E-state index in [1.54, 1.807) is 17.7 Å². The summed E-state index contributed by atoms with van der Waals surface area (Å²) in [6.07, 6.45) is 1.60. The van der Waals surface area contributed by atoms with Crippen LogP contribution in [0.1, 0.15) is 5.82 Å². The Morgan fingerprint density at radius 2 is 2.12 bits per heavy atom. The summed E-state index contributed by atoms with van der Waals surface area (Å²) < 4.78 is 2.59. The van der Waals surface area contributed by atoms with Gasteiger partial charge in [0.1, 0.15) is 17.3 Å². The van der Waals surface area contributed by atoms with Crippen LogP contribution in [-0.4, -0.2) is 24.6 Å².